The average molecular weight is 246 g/mol. The Kier molecular flexibility index (Phi) is 4.34. The van der Waals surface area contributed by atoms with Crippen LogP contribution in [0.15, 0.2) is 30.3 Å². The van der Waals surface area contributed by atoms with Crippen molar-refractivity contribution in [3.8, 4) is 0 Å². The van der Waals surface area contributed by atoms with Gasteiger partial charge in [-0.2, -0.15) is 0 Å². The van der Waals surface area contributed by atoms with Crippen LogP contribution in [-0.2, 0) is 16.0 Å². The second-order valence-electron chi connectivity index (χ2n) is 4.57. The molecule has 1 saturated heterocycles. The van der Waals surface area contributed by atoms with Crippen molar-refractivity contribution in [1.82, 2.24) is 10.6 Å². The molecule has 0 bridgehead atoms. The van der Waals surface area contributed by atoms with Gasteiger partial charge in [-0.05, 0) is 18.4 Å². The first-order valence-electron chi connectivity index (χ1n) is 6.34. The lowest BCUT2D eigenvalue weighted by molar-refractivity contribution is -0.132. The van der Waals surface area contributed by atoms with Crippen molar-refractivity contribution in [2.75, 3.05) is 13.1 Å². The van der Waals surface area contributed by atoms with E-state index < -0.39 is 0 Å². The minimum absolute atomic E-state index is 0.000723. The quantitative estimate of drug-likeness (QED) is 0.828. The van der Waals surface area contributed by atoms with Crippen molar-refractivity contribution in [3.63, 3.8) is 0 Å². The molecule has 2 amide bonds. The molecule has 0 spiro atoms. The van der Waals surface area contributed by atoms with E-state index in [4.69, 9.17) is 0 Å². The Hall–Kier alpha value is -1.84. The van der Waals surface area contributed by atoms with E-state index in [0.29, 0.717) is 19.5 Å². The first-order chi connectivity index (χ1) is 8.75. The number of carbonyl (C=O) groups excluding carboxylic acids is 2. The Labute approximate surface area is 107 Å². The summed E-state index contributed by atoms with van der Waals surface area (Å²) >= 11 is 0. The lowest BCUT2D eigenvalue weighted by Crippen LogP contribution is -2.41. The lowest BCUT2D eigenvalue weighted by atomic mass is 9.96. The van der Waals surface area contributed by atoms with Gasteiger partial charge in [0.1, 0.15) is 0 Å². The summed E-state index contributed by atoms with van der Waals surface area (Å²) in [6, 6.07) is 10.0. The van der Waals surface area contributed by atoms with Gasteiger partial charge in [0, 0.05) is 25.4 Å². The van der Waals surface area contributed by atoms with Gasteiger partial charge in [0.2, 0.25) is 11.8 Å². The molecule has 1 atom stereocenters. The summed E-state index contributed by atoms with van der Waals surface area (Å²) < 4.78 is 0. The smallest absolute Gasteiger partial charge is 0.223 e. The fourth-order valence-corrected chi connectivity index (χ4v) is 2.13. The van der Waals surface area contributed by atoms with Gasteiger partial charge in [-0.3, -0.25) is 9.59 Å². The fourth-order valence-electron chi connectivity index (χ4n) is 2.13. The van der Waals surface area contributed by atoms with Gasteiger partial charge in [-0.25, -0.2) is 0 Å². The number of hydrogen-bond donors (Lipinski definition) is 2. The molecule has 0 aliphatic carbocycles. The van der Waals surface area contributed by atoms with Crippen molar-refractivity contribution in [2.24, 2.45) is 5.92 Å². The van der Waals surface area contributed by atoms with Gasteiger partial charge < -0.3 is 10.6 Å². The molecule has 0 saturated carbocycles. The van der Waals surface area contributed by atoms with E-state index in [-0.39, 0.29) is 17.7 Å². The summed E-state index contributed by atoms with van der Waals surface area (Å²) in [7, 11) is 0. The SMILES string of the molecule is O=C1CC(C(=O)NCCc2ccccc2)CCN1. The second kappa shape index (κ2) is 6.19. The molecule has 96 valence electrons. The Morgan fingerprint density at radius 2 is 2.11 bits per heavy atom. The predicted octanol–water partition coefficient (Wildman–Crippen LogP) is 0.871. The highest BCUT2D eigenvalue weighted by atomic mass is 16.2. The van der Waals surface area contributed by atoms with Crippen molar-refractivity contribution in [3.05, 3.63) is 35.9 Å². The number of amides is 2. The maximum atomic E-state index is 11.8. The molecule has 2 rings (SSSR count). The number of piperidine rings is 1. The monoisotopic (exact) mass is 246 g/mol. The normalized spacial score (nSPS) is 19.1. The first-order valence-corrected chi connectivity index (χ1v) is 6.34. The van der Waals surface area contributed by atoms with Gasteiger partial charge in [-0.1, -0.05) is 30.3 Å². The van der Waals surface area contributed by atoms with Crippen LogP contribution in [0.25, 0.3) is 0 Å². The van der Waals surface area contributed by atoms with Gasteiger partial charge >= 0.3 is 0 Å². The van der Waals surface area contributed by atoms with Crippen LogP contribution >= 0.6 is 0 Å². The molecule has 1 heterocycles. The molecule has 1 aliphatic rings. The van der Waals surface area contributed by atoms with E-state index in [1.165, 1.54) is 5.56 Å². The van der Waals surface area contributed by atoms with Gasteiger partial charge in [-0.15, -0.1) is 0 Å². The minimum atomic E-state index is -0.158. The number of rotatable bonds is 4. The maximum Gasteiger partial charge on any atom is 0.223 e. The Morgan fingerprint density at radius 1 is 1.33 bits per heavy atom. The summed E-state index contributed by atoms with van der Waals surface area (Å²) in [5.74, 6) is -0.181. The molecule has 4 nitrogen and oxygen atoms in total. The highest BCUT2D eigenvalue weighted by Gasteiger charge is 2.24. The standard InChI is InChI=1S/C14H18N2O2/c17-13-10-12(7-9-15-13)14(18)16-8-6-11-4-2-1-3-5-11/h1-5,12H,6-10H2,(H,15,17)(H,16,18). The summed E-state index contributed by atoms with van der Waals surface area (Å²) in [5.41, 5.74) is 1.21. The average Bonchev–Trinajstić information content (AvgIpc) is 2.40. The van der Waals surface area contributed by atoms with Crippen LogP contribution < -0.4 is 10.6 Å². The van der Waals surface area contributed by atoms with E-state index in [1.54, 1.807) is 0 Å². The maximum absolute atomic E-state index is 11.8. The Balaban J connectivity index is 1.73. The van der Waals surface area contributed by atoms with E-state index in [2.05, 4.69) is 10.6 Å². The summed E-state index contributed by atoms with van der Waals surface area (Å²) in [5, 5.41) is 5.63. The van der Waals surface area contributed by atoms with Crippen LogP contribution in [0.2, 0.25) is 0 Å². The van der Waals surface area contributed by atoms with Crippen LogP contribution in [-0.4, -0.2) is 24.9 Å². The van der Waals surface area contributed by atoms with Gasteiger partial charge in [0.25, 0.3) is 0 Å². The molecule has 0 radical (unpaired) electrons. The molecule has 1 unspecified atom stereocenters. The van der Waals surface area contributed by atoms with E-state index >= 15 is 0 Å². The second-order valence-corrected chi connectivity index (χ2v) is 4.57. The number of benzene rings is 1. The molecular formula is C14H18N2O2. The van der Waals surface area contributed by atoms with Gasteiger partial charge in [0.15, 0.2) is 0 Å². The summed E-state index contributed by atoms with van der Waals surface area (Å²) in [6.45, 7) is 1.23. The number of carbonyl (C=O) groups is 2. The number of hydrogen-bond acceptors (Lipinski definition) is 2. The fraction of sp³-hybridized carbons (Fsp3) is 0.429. The van der Waals surface area contributed by atoms with Crippen molar-refractivity contribution in [2.45, 2.75) is 19.3 Å². The third-order valence-corrected chi connectivity index (χ3v) is 3.17. The molecule has 4 heteroatoms. The summed E-state index contributed by atoms with van der Waals surface area (Å²) in [4.78, 5) is 23.0. The van der Waals surface area contributed by atoms with Crippen molar-refractivity contribution < 1.29 is 9.59 Å². The highest BCUT2D eigenvalue weighted by molar-refractivity contribution is 5.86. The van der Waals surface area contributed by atoms with Crippen LogP contribution in [0.1, 0.15) is 18.4 Å². The van der Waals surface area contributed by atoms with Crippen LogP contribution in [0.5, 0.6) is 0 Å². The van der Waals surface area contributed by atoms with Crippen LogP contribution in [0, 0.1) is 5.92 Å². The molecule has 2 N–H and O–H groups in total. The Morgan fingerprint density at radius 3 is 2.83 bits per heavy atom. The molecule has 1 aromatic rings. The molecule has 1 fully saturated rings. The Bertz CT molecular complexity index is 417. The zero-order valence-electron chi connectivity index (χ0n) is 10.3. The first kappa shape index (κ1) is 12.6. The largest absolute Gasteiger partial charge is 0.356 e. The van der Waals surface area contributed by atoms with Crippen molar-refractivity contribution >= 4 is 11.8 Å². The van der Waals surface area contributed by atoms with Crippen LogP contribution in [0.4, 0.5) is 0 Å². The molecular weight excluding hydrogens is 228 g/mol. The third kappa shape index (κ3) is 3.58. The number of nitrogens with one attached hydrogen (secondary N) is 2. The van der Waals surface area contributed by atoms with E-state index in [9.17, 15) is 9.59 Å². The van der Waals surface area contributed by atoms with Crippen molar-refractivity contribution in [1.29, 1.82) is 0 Å². The molecule has 0 aromatic heterocycles. The van der Waals surface area contributed by atoms with E-state index in [0.717, 1.165) is 12.8 Å². The van der Waals surface area contributed by atoms with Gasteiger partial charge in [0.05, 0.1) is 0 Å². The molecule has 1 aliphatic heterocycles. The molecule has 1 aromatic carbocycles. The zero-order valence-corrected chi connectivity index (χ0v) is 10.3. The van der Waals surface area contributed by atoms with E-state index in [1.807, 2.05) is 30.3 Å². The predicted molar refractivity (Wildman–Crippen MR) is 68.9 cm³/mol. The molecule has 18 heavy (non-hydrogen) atoms. The summed E-state index contributed by atoms with van der Waals surface area (Å²) in [6.07, 6.45) is 1.88. The lowest BCUT2D eigenvalue weighted by Gasteiger charge is -2.21. The minimum Gasteiger partial charge on any atom is -0.356 e. The highest BCUT2D eigenvalue weighted by Crippen LogP contribution is 2.12. The third-order valence-electron chi connectivity index (χ3n) is 3.17. The van der Waals surface area contributed by atoms with Crippen LogP contribution in [0.3, 0.4) is 0 Å². The topological polar surface area (TPSA) is 58.2 Å². The zero-order chi connectivity index (χ0) is 12.8.